The smallest absolute Gasteiger partial charge is 0.0110 e. The van der Waals surface area contributed by atoms with E-state index in [4.69, 9.17) is 0 Å². The van der Waals surface area contributed by atoms with Crippen LogP contribution in [0.3, 0.4) is 0 Å². The van der Waals surface area contributed by atoms with E-state index in [0.29, 0.717) is 5.41 Å². The monoisotopic (exact) mass is 269 g/mol. The van der Waals surface area contributed by atoms with E-state index in [2.05, 4.69) is 49.7 Å². The molecule has 0 amide bonds. The molecular formula is C16H35N3. The zero-order valence-corrected chi connectivity index (χ0v) is 13.8. The molecule has 1 aliphatic heterocycles. The van der Waals surface area contributed by atoms with Gasteiger partial charge in [-0.05, 0) is 30.8 Å². The molecule has 1 N–H and O–H groups in total. The average Bonchev–Trinajstić information content (AvgIpc) is 2.31. The summed E-state index contributed by atoms with van der Waals surface area (Å²) in [6.45, 7) is 21.3. The molecule has 1 saturated heterocycles. The molecule has 19 heavy (non-hydrogen) atoms. The van der Waals surface area contributed by atoms with Gasteiger partial charge in [-0.2, -0.15) is 0 Å². The van der Waals surface area contributed by atoms with Gasteiger partial charge in [0.05, 0.1) is 0 Å². The van der Waals surface area contributed by atoms with Crippen molar-refractivity contribution < 1.29 is 0 Å². The van der Waals surface area contributed by atoms with Gasteiger partial charge in [0.2, 0.25) is 0 Å². The minimum atomic E-state index is 0.377. The van der Waals surface area contributed by atoms with Crippen molar-refractivity contribution in [3.05, 3.63) is 0 Å². The summed E-state index contributed by atoms with van der Waals surface area (Å²) < 4.78 is 0. The van der Waals surface area contributed by atoms with E-state index in [1.165, 1.54) is 45.7 Å². The average molecular weight is 269 g/mol. The van der Waals surface area contributed by atoms with E-state index < -0.39 is 0 Å². The molecule has 0 saturated carbocycles. The molecule has 114 valence electrons. The fourth-order valence-corrected chi connectivity index (χ4v) is 2.85. The van der Waals surface area contributed by atoms with Gasteiger partial charge in [0, 0.05) is 39.3 Å². The largest absolute Gasteiger partial charge is 0.316 e. The first-order chi connectivity index (χ1) is 8.93. The van der Waals surface area contributed by atoms with E-state index >= 15 is 0 Å². The Morgan fingerprint density at radius 3 is 2.16 bits per heavy atom. The van der Waals surface area contributed by atoms with Gasteiger partial charge in [0.15, 0.2) is 0 Å². The van der Waals surface area contributed by atoms with Crippen molar-refractivity contribution in [2.45, 2.75) is 41.0 Å². The first-order valence-corrected chi connectivity index (χ1v) is 8.08. The van der Waals surface area contributed by atoms with Crippen molar-refractivity contribution in [1.82, 2.24) is 15.1 Å². The van der Waals surface area contributed by atoms with Crippen LogP contribution in [0.2, 0.25) is 0 Å². The van der Waals surface area contributed by atoms with E-state index in [0.717, 1.165) is 19.0 Å². The predicted molar refractivity (Wildman–Crippen MR) is 84.7 cm³/mol. The van der Waals surface area contributed by atoms with Gasteiger partial charge in [-0.3, -0.25) is 0 Å². The highest BCUT2D eigenvalue weighted by atomic mass is 15.3. The van der Waals surface area contributed by atoms with Gasteiger partial charge in [-0.25, -0.2) is 0 Å². The molecule has 0 atom stereocenters. The van der Waals surface area contributed by atoms with Gasteiger partial charge in [0.1, 0.15) is 0 Å². The maximum absolute atomic E-state index is 3.61. The van der Waals surface area contributed by atoms with Crippen molar-refractivity contribution in [2.24, 2.45) is 11.3 Å². The number of nitrogens with zero attached hydrogens (tertiary/aromatic N) is 2. The molecule has 1 fully saturated rings. The first kappa shape index (κ1) is 16.9. The van der Waals surface area contributed by atoms with Crippen LogP contribution in [0, 0.1) is 11.3 Å². The zero-order valence-electron chi connectivity index (χ0n) is 13.8. The molecule has 0 aromatic heterocycles. The maximum Gasteiger partial charge on any atom is 0.0110 e. The highest BCUT2D eigenvalue weighted by Crippen LogP contribution is 2.17. The Morgan fingerprint density at radius 1 is 1.05 bits per heavy atom. The van der Waals surface area contributed by atoms with Gasteiger partial charge >= 0.3 is 0 Å². The van der Waals surface area contributed by atoms with Crippen LogP contribution in [0.4, 0.5) is 0 Å². The molecule has 1 rings (SSSR count). The van der Waals surface area contributed by atoms with Crippen molar-refractivity contribution in [3.63, 3.8) is 0 Å². The highest BCUT2D eigenvalue weighted by Gasteiger charge is 2.24. The number of hydrogen-bond donors (Lipinski definition) is 1. The van der Waals surface area contributed by atoms with Crippen LogP contribution in [-0.2, 0) is 0 Å². The number of rotatable bonds is 8. The third-order valence-electron chi connectivity index (χ3n) is 3.81. The van der Waals surface area contributed by atoms with Crippen molar-refractivity contribution >= 4 is 0 Å². The third-order valence-corrected chi connectivity index (χ3v) is 3.81. The summed E-state index contributed by atoms with van der Waals surface area (Å²) in [5.41, 5.74) is 0.377. The molecule has 0 spiro atoms. The lowest BCUT2D eigenvalue weighted by atomic mass is 9.92. The molecule has 3 heteroatoms. The summed E-state index contributed by atoms with van der Waals surface area (Å²) in [6, 6.07) is 0. The maximum atomic E-state index is 3.61. The molecule has 1 aliphatic rings. The molecule has 0 aromatic carbocycles. The van der Waals surface area contributed by atoms with Crippen LogP contribution < -0.4 is 5.32 Å². The van der Waals surface area contributed by atoms with Crippen LogP contribution >= 0.6 is 0 Å². The van der Waals surface area contributed by atoms with E-state index in [1.54, 1.807) is 0 Å². The predicted octanol–water partition coefficient (Wildman–Crippen LogP) is 2.29. The molecule has 3 nitrogen and oxygen atoms in total. The molecule has 1 heterocycles. The second kappa shape index (κ2) is 8.23. The number of nitrogens with one attached hydrogen (secondary N) is 1. The second-order valence-corrected chi connectivity index (χ2v) is 7.31. The number of hydrogen-bond acceptors (Lipinski definition) is 3. The van der Waals surface area contributed by atoms with Gasteiger partial charge < -0.3 is 15.1 Å². The number of piperazine rings is 1. The van der Waals surface area contributed by atoms with Crippen molar-refractivity contribution in [3.8, 4) is 0 Å². The Kier molecular flexibility index (Phi) is 7.33. The fraction of sp³-hybridized carbons (Fsp3) is 1.00. The van der Waals surface area contributed by atoms with Crippen LogP contribution in [0.5, 0.6) is 0 Å². The molecule has 0 bridgehead atoms. The summed E-state index contributed by atoms with van der Waals surface area (Å²) in [5, 5.41) is 3.61. The SMILES string of the molecule is CCCN1CCN(CC(C)(C)CNCC(C)C)CC1. The summed E-state index contributed by atoms with van der Waals surface area (Å²) in [6.07, 6.45) is 1.28. The molecule has 0 unspecified atom stereocenters. The Balaban J connectivity index is 2.22. The summed E-state index contributed by atoms with van der Waals surface area (Å²) in [7, 11) is 0. The van der Waals surface area contributed by atoms with Crippen molar-refractivity contribution in [2.75, 3.05) is 52.4 Å². The van der Waals surface area contributed by atoms with Crippen LogP contribution in [0.15, 0.2) is 0 Å². The molecule has 0 aromatic rings. The lowest BCUT2D eigenvalue weighted by Crippen LogP contribution is -2.50. The van der Waals surface area contributed by atoms with Gasteiger partial charge in [0.25, 0.3) is 0 Å². The Bertz CT molecular complexity index is 230. The minimum Gasteiger partial charge on any atom is -0.316 e. The topological polar surface area (TPSA) is 18.5 Å². The molecule has 0 aliphatic carbocycles. The van der Waals surface area contributed by atoms with Crippen molar-refractivity contribution in [1.29, 1.82) is 0 Å². The third kappa shape index (κ3) is 7.28. The van der Waals surface area contributed by atoms with E-state index in [-0.39, 0.29) is 0 Å². The van der Waals surface area contributed by atoms with Crippen LogP contribution in [0.25, 0.3) is 0 Å². The lowest BCUT2D eigenvalue weighted by Gasteiger charge is -2.39. The normalized spacial score (nSPS) is 19.3. The summed E-state index contributed by atoms with van der Waals surface area (Å²) in [5.74, 6) is 0.744. The highest BCUT2D eigenvalue weighted by molar-refractivity contribution is 4.80. The lowest BCUT2D eigenvalue weighted by molar-refractivity contribution is 0.0962. The Hall–Kier alpha value is -0.120. The second-order valence-electron chi connectivity index (χ2n) is 7.31. The quantitative estimate of drug-likeness (QED) is 0.729. The summed E-state index contributed by atoms with van der Waals surface area (Å²) in [4.78, 5) is 5.24. The standard InChI is InChI=1S/C16H35N3/c1-6-7-18-8-10-19(11-9-18)14-16(4,5)13-17-12-15(2)3/h15,17H,6-14H2,1-5H3. The van der Waals surface area contributed by atoms with E-state index in [1.807, 2.05) is 0 Å². The van der Waals surface area contributed by atoms with Crippen LogP contribution in [-0.4, -0.2) is 62.2 Å². The Labute approximate surface area is 120 Å². The summed E-state index contributed by atoms with van der Waals surface area (Å²) >= 11 is 0. The fourth-order valence-electron chi connectivity index (χ4n) is 2.85. The van der Waals surface area contributed by atoms with E-state index in [9.17, 15) is 0 Å². The zero-order chi connectivity index (χ0) is 14.3. The molecular weight excluding hydrogens is 234 g/mol. The minimum absolute atomic E-state index is 0.377. The Morgan fingerprint density at radius 2 is 1.63 bits per heavy atom. The van der Waals surface area contributed by atoms with Gasteiger partial charge in [-0.1, -0.05) is 34.6 Å². The van der Waals surface area contributed by atoms with Gasteiger partial charge in [-0.15, -0.1) is 0 Å². The molecule has 0 radical (unpaired) electrons. The van der Waals surface area contributed by atoms with Crippen LogP contribution in [0.1, 0.15) is 41.0 Å². The first-order valence-electron chi connectivity index (χ1n) is 8.08.